The van der Waals surface area contributed by atoms with E-state index >= 15 is 0 Å². The molecular formula is C14H25NO. The highest BCUT2D eigenvalue weighted by atomic mass is 16.1. The SMILES string of the molecule is C#CCCCC(=O)C(C)(CC)N(CC)CC. The minimum absolute atomic E-state index is 0.307. The number of Topliss-reactive ketones (excluding diaryl/α,β-unsaturated/α-hetero) is 1. The first-order valence-electron chi connectivity index (χ1n) is 6.28. The largest absolute Gasteiger partial charge is 0.298 e. The van der Waals surface area contributed by atoms with Crippen LogP contribution in [0.5, 0.6) is 0 Å². The van der Waals surface area contributed by atoms with Crippen molar-refractivity contribution < 1.29 is 4.79 Å². The number of terminal acetylenes is 1. The number of nitrogens with zero attached hydrogens (tertiary/aromatic N) is 1. The van der Waals surface area contributed by atoms with E-state index < -0.39 is 0 Å². The summed E-state index contributed by atoms with van der Waals surface area (Å²) in [4.78, 5) is 14.5. The van der Waals surface area contributed by atoms with Crippen molar-refractivity contribution in [2.45, 2.75) is 58.9 Å². The molecule has 0 aliphatic heterocycles. The molecule has 0 fully saturated rings. The Labute approximate surface area is 100 Å². The van der Waals surface area contributed by atoms with Gasteiger partial charge in [-0.3, -0.25) is 9.69 Å². The topological polar surface area (TPSA) is 20.3 Å². The van der Waals surface area contributed by atoms with Gasteiger partial charge in [0.05, 0.1) is 5.54 Å². The lowest BCUT2D eigenvalue weighted by Gasteiger charge is -2.38. The molecule has 0 aliphatic rings. The molecule has 0 N–H and O–H groups in total. The zero-order valence-electron chi connectivity index (χ0n) is 11.2. The number of unbranched alkanes of at least 4 members (excludes halogenated alkanes) is 1. The van der Waals surface area contributed by atoms with Crippen LogP contribution in [0.4, 0.5) is 0 Å². The van der Waals surface area contributed by atoms with Gasteiger partial charge >= 0.3 is 0 Å². The summed E-state index contributed by atoms with van der Waals surface area (Å²) in [6.07, 6.45) is 8.17. The highest BCUT2D eigenvalue weighted by molar-refractivity contribution is 5.87. The van der Waals surface area contributed by atoms with Crippen LogP contribution in [-0.4, -0.2) is 29.3 Å². The lowest BCUT2D eigenvalue weighted by atomic mass is 9.88. The van der Waals surface area contributed by atoms with E-state index in [1.165, 1.54) is 0 Å². The van der Waals surface area contributed by atoms with Crippen LogP contribution in [-0.2, 0) is 4.79 Å². The van der Waals surface area contributed by atoms with Gasteiger partial charge in [0.15, 0.2) is 5.78 Å². The lowest BCUT2D eigenvalue weighted by molar-refractivity contribution is -0.130. The van der Waals surface area contributed by atoms with E-state index in [0.717, 1.165) is 25.9 Å². The van der Waals surface area contributed by atoms with Crippen molar-refractivity contribution in [3.8, 4) is 12.3 Å². The van der Waals surface area contributed by atoms with Gasteiger partial charge in [0, 0.05) is 12.8 Å². The third kappa shape index (κ3) is 3.64. The Morgan fingerprint density at radius 3 is 2.25 bits per heavy atom. The van der Waals surface area contributed by atoms with Crippen LogP contribution in [0.3, 0.4) is 0 Å². The van der Waals surface area contributed by atoms with Crippen molar-refractivity contribution in [1.82, 2.24) is 4.90 Å². The van der Waals surface area contributed by atoms with Gasteiger partial charge in [-0.25, -0.2) is 0 Å². The number of carbonyl (C=O) groups is 1. The van der Waals surface area contributed by atoms with E-state index in [4.69, 9.17) is 6.42 Å². The molecule has 0 aromatic rings. The Balaban J connectivity index is 4.55. The molecule has 2 heteroatoms. The summed E-state index contributed by atoms with van der Waals surface area (Å²) in [5.74, 6) is 2.91. The summed E-state index contributed by atoms with van der Waals surface area (Å²) in [6, 6.07) is 0. The maximum absolute atomic E-state index is 12.2. The van der Waals surface area contributed by atoms with Gasteiger partial charge in [-0.1, -0.05) is 20.8 Å². The first-order chi connectivity index (χ1) is 7.56. The van der Waals surface area contributed by atoms with Gasteiger partial charge in [-0.2, -0.15) is 0 Å². The summed E-state index contributed by atoms with van der Waals surface area (Å²) < 4.78 is 0. The zero-order valence-corrected chi connectivity index (χ0v) is 11.2. The second-order valence-electron chi connectivity index (χ2n) is 4.28. The Kier molecular flexibility index (Phi) is 7.08. The number of ketones is 1. The molecule has 0 spiro atoms. The maximum atomic E-state index is 12.2. The van der Waals surface area contributed by atoms with Crippen molar-refractivity contribution in [3.05, 3.63) is 0 Å². The zero-order chi connectivity index (χ0) is 12.6. The molecule has 0 rings (SSSR count). The van der Waals surface area contributed by atoms with Crippen LogP contribution >= 0.6 is 0 Å². The van der Waals surface area contributed by atoms with Gasteiger partial charge < -0.3 is 0 Å². The van der Waals surface area contributed by atoms with Crippen LogP contribution in [0.25, 0.3) is 0 Å². The van der Waals surface area contributed by atoms with Crippen LogP contribution < -0.4 is 0 Å². The molecule has 0 aromatic heterocycles. The summed E-state index contributed by atoms with van der Waals surface area (Å²) in [7, 11) is 0. The fourth-order valence-electron chi connectivity index (χ4n) is 2.14. The molecule has 0 heterocycles. The first kappa shape index (κ1) is 15.2. The Bertz CT molecular complexity index is 250. The second-order valence-corrected chi connectivity index (χ2v) is 4.28. The highest BCUT2D eigenvalue weighted by Gasteiger charge is 2.34. The molecule has 0 saturated carbocycles. The quantitative estimate of drug-likeness (QED) is 0.466. The Hall–Kier alpha value is -0.810. The van der Waals surface area contributed by atoms with Crippen molar-refractivity contribution in [2.75, 3.05) is 13.1 Å². The number of likely N-dealkylation sites (N-methyl/N-ethyl adjacent to an activating group) is 1. The van der Waals surface area contributed by atoms with Crippen molar-refractivity contribution in [3.63, 3.8) is 0 Å². The van der Waals surface area contributed by atoms with E-state index in [1.54, 1.807) is 0 Å². The molecule has 0 radical (unpaired) electrons. The molecule has 0 aliphatic carbocycles. The maximum Gasteiger partial charge on any atom is 0.152 e. The van der Waals surface area contributed by atoms with Crippen LogP contribution in [0.15, 0.2) is 0 Å². The highest BCUT2D eigenvalue weighted by Crippen LogP contribution is 2.22. The summed E-state index contributed by atoms with van der Waals surface area (Å²) in [6.45, 7) is 10.2. The average molecular weight is 223 g/mol. The fourth-order valence-corrected chi connectivity index (χ4v) is 2.14. The van der Waals surface area contributed by atoms with E-state index in [0.29, 0.717) is 18.6 Å². The van der Waals surface area contributed by atoms with Gasteiger partial charge in [0.1, 0.15) is 0 Å². The van der Waals surface area contributed by atoms with E-state index in [2.05, 4.69) is 38.5 Å². The number of carbonyl (C=O) groups excluding carboxylic acids is 1. The molecule has 0 amide bonds. The third-order valence-corrected chi connectivity index (χ3v) is 3.48. The lowest BCUT2D eigenvalue weighted by Crippen LogP contribution is -2.51. The molecule has 16 heavy (non-hydrogen) atoms. The molecule has 1 unspecified atom stereocenters. The summed E-state index contributed by atoms with van der Waals surface area (Å²) in [5.41, 5.74) is -0.307. The predicted octanol–water partition coefficient (Wildman–Crippen LogP) is 2.87. The van der Waals surface area contributed by atoms with Gasteiger partial charge in [-0.15, -0.1) is 12.3 Å². The van der Waals surface area contributed by atoms with E-state index in [1.807, 2.05) is 0 Å². The van der Waals surface area contributed by atoms with Gasteiger partial charge in [0.25, 0.3) is 0 Å². The molecule has 1 atom stereocenters. The van der Waals surface area contributed by atoms with Gasteiger partial charge in [-0.05, 0) is 32.9 Å². The number of hydrogen-bond acceptors (Lipinski definition) is 2. The Morgan fingerprint density at radius 2 is 1.88 bits per heavy atom. The average Bonchev–Trinajstić information content (AvgIpc) is 2.30. The standard InChI is InChI=1S/C14H25NO/c1-6-10-11-12-13(16)14(5,7-2)15(8-3)9-4/h1H,7-12H2,2-5H3. The molecule has 0 aromatic carbocycles. The second kappa shape index (κ2) is 7.46. The van der Waals surface area contributed by atoms with Crippen LogP contribution in [0.1, 0.15) is 53.4 Å². The number of hydrogen-bond donors (Lipinski definition) is 0. The van der Waals surface area contributed by atoms with Gasteiger partial charge in [0.2, 0.25) is 0 Å². The first-order valence-corrected chi connectivity index (χ1v) is 6.28. The molecule has 2 nitrogen and oxygen atoms in total. The normalized spacial score (nSPS) is 14.5. The van der Waals surface area contributed by atoms with Crippen LogP contribution in [0.2, 0.25) is 0 Å². The fraction of sp³-hybridized carbons (Fsp3) is 0.786. The smallest absolute Gasteiger partial charge is 0.152 e. The van der Waals surface area contributed by atoms with E-state index in [-0.39, 0.29) is 5.54 Å². The third-order valence-electron chi connectivity index (χ3n) is 3.48. The van der Waals surface area contributed by atoms with Crippen molar-refractivity contribution >= 4 is 5.78 Å². The van der Waals surface area contributed by atoms with E-state index in [9.17, 15) is 4.79 Å². The molecule has 0 saturated heterocycles. The van der Waals surface area contributed by atoms with Crippen molar-refractivity contribution in [2.24, 2.45) is 0 Å². The molecule has 0 bridgehead atoms. The molecule has 92 valence electrons. The number of rotatable bonds is 8. The Morgan fingerprint density at radius 1 is 1.31 bits per heavy atom. The summed E-state index contributed by atoms with van der Waals surface area (Å²) in [5, 5.41) is 0. The predicted molar refractivity (Wildman–Crippen MR) is 69.3 cm³/mol. The minimum Gasteiger partial charge on any atom is -0.298 e. The molecular weight excluding hydrogens is 198 g/mol. The monoisotopic (exact) mass is 223 g/mol. The summed E-state index contributed by atoms with van der Waals surface area (Å²) >= 11 is 0. The van der Waals surface area contributed by atoms with Crippen molar-refractivity contribution in [1.29, 1.82) is 0 Å². The van der Waals surface area contributed by atoms with Crippen LogP contribution in [0, 0.1) is 12.3 Å². The minimum atomic E-state index is -0.307.